The smallest absolute Gasteiger partial charge is 0.240 e. The molecule has 1 aromatic rings. The molecule has 0 amide bonds. The maximum atomic E-state index is 11.6. The van der Waals surface area contributed by atoms with Crippen molar-refractivity contribution in [2.24, 2.45) is 5.41 Å². The Hall–Kier alpha value is -1.07. The maximum Gasteiger partial charge on any atom is 0.240 e. The Morgan fingerprint density at radius 1 is 1.24 bits per heavy atom. The van der Waals surface area contributed by atoms with Gasteiger partial charge in [-0.2, -0.15) is 0 Å². The van der Waals surface area contributed by atoms with E-state index < -0.39 is 10.0 Å². The van der Waals surface area contributed by atoms with Gasteiger partial charge >= 0.3 is 0 Å². The molecule has 1 rings (SSSR count). The first-order valence-electron chi connectivity index (χ1n) is 5.52. The zero-order valence-electron chi connectivity index (χ0n) is 10.7. The predicted octanol–water partition coefficient (Wildman–Crippen LogP) is 2.05. The largest absolute Gasteiger partial charge is 0.384 e. The van der Waals surface area contributed by atoms with Crippen LogP contribution in [-0.4, -0.2) is 22.0 Å². The van der Waals surface area contributed by atoms with Gasteiger partial charge in [0.05, 0.1) is 4.90 Å². The van der Waals surface area contributed by atoms with E-state index in [0.717, 1.165) is 12.2 Å². The SMILES string of the molecule is CNS(=O)(=O)c1cccc(NCC(C)(C)C)c1. The standard InChI is InChI=1S/C12H20N2O2S/c1-12(2,3)9-14-10-6-5-7-11(8-10)17(15,16)13-4/h5-8,13-14H,9H2,1-4H3. The van der Waals surface area contributed by atoms with Crippen LogP contribution in [0.25, 0.3) is 0 Å². The topological polar surface area (TPSA) is 58.2 Å². The molecule has 0 bridgehead atoms. The highest BCUT2D eigenvalue weighted by atomic mass is 32.2. The minimum atomic E-state index is -3.36. The van der Waals surface area contributed by atoms with Crippen LogP contribution >= 0.6 is 0 Å². The molecule has 96 valence electrons. The van der Waals surface area contributed by atoms with Crippen molar-refractivity contribution in [1.82, 2.24) is 4.72 Å². The fraction of sp³-hybridized carbons (Fsp3) is 0.500. The Bertz CT molecular complexity index is 476. The van der Waals surface area contributed by atoms with Crippen LogP contribution in [0, 0.1) is 5.41 Å². The molecule has 0 atom stereocenters. The molecular weight excluding hydrogens is 236 g/mol. The summed E-state index contributed by atoms with van der Waals surface area (Å²) in [5, 5.41) is 3.23. The van der Waals surface area contributed by atoms with E-state index in [1.54, 1.807) is 18.2 Å². The van der Waals surface area contributed by atoms with E-state index in [-0.39, 0.29) is 10.3 Å². The molecule has 0 aliphatic heterocycles. The van der Waals surface area contributed by atoms with Crippen molar-refractivity contribution in [3.8, 4) is 0 Å². The van der Waals surface area contributed by atoms with E-state index in [4.69, 9.17) is 0 Å². The Morgan fingerprint density at radius 3 is 2.41 bits per heavy atom. The molecule has 0 unspecified atom stereocenters. The molecule has 4 nitrogen and oxygen atoms in total. The summed E-state index contributed by atoms with van der Waals surface area (Å²) in [5.41, 5.74) is 0.967. The molecule has 0 saturated carbocycles. The third-order valence-electron chi connectivity index (χ3n) is 2.24. The van der Waals surface area contributed by atoms with E-state index in [0.29, 0.717) is 0 Å². The van der Waals surface area contributed by atoms with Gasteiger partial charge in [-0.15, -0.1) is 0 Å². The van der Waals surface area contributed by atoms with Crippen LogP contribution < -0.4 is 10.0 Å². The van der Waals surface area contributed by atoms with Crippen LogP contribution in [0.4, 0.5) is 5.69 Å². The number of hydrogen-bond donors (Lipinski definition) is 2. The van der Waals surface area contributed by atoms with Gasteiger partial charge in [-0.25, -0.2) is 13.1 Å². The van der Waals surface area contributed by atoms with Crippen LogP contribution in [0.5, 0.6) is 0 Å². The second-order valence-electron chi connectivity index (χ2n) is 5.15. The Morgan fingerprint density at radius 2 is 1.88 bits per heavy atom. The molecule has 0 aromatic heterocycles. The van der Waals surface area contributed by atoms with Gasteiger partial charge in [0.2, 0.25) is 10.0 Å². The van der Waals surface area contributed by atoms with Crippen molar-refractivity contribution in [3.63, 3.8) is 0 Å². The lowest BCUT2D eigenvalue weighted by molar-refractivity contribution is 0.443. The average molecular weight is 256 g/mol. The fourth-order valence-corrected chi connectivity index (χ4v) is 2.03. The number of sulfonamides is 1. The van der Waals surface area contributed by atoms with E-state index in [9.17, 15) is 8.42 Å². The van der Waals surface area contributed by atoms with Crippen molar-refractivity contribution < 1.29 is 8.42 Å². The molecular formula is C12H20N2O2S. The first-order chi connectivity index (χ1) is 7.74. The molecule has 0 aliphatic rings. The van der Waals surface area contributed by atoms with E-state index in [1.807, 2.05) is 6.07 Å². The normalized spacial score (nSPS) is 12.5. The second kappa shape index (κ2) is 5.06. The Balaban J connectivity index is 2.88. The highest BCUT2D eigenvalue weighted by Crippen LogP contribution is 2.18. The summed E-state index contributed by atoms with van der Waals surface area (Å²) in [4.78, 5) is 0.277. The molecule has 0 spiro atoms. The van der Waals surface area contributed by atoms with Crippen LogP contribution in [-0.2, 0) is 10.0 Å². The number of benzene rings is 1. The number of anilines is 1. The van der Waals surface area contributed by atoms with Gasteiger partial charge in [0.25, 0.3) is 0 Å². The van der Waals surface area contributed by atoms with Crippen LogP contribution in [0.1, 0.15) is 20.8 Å². The highest BCUT2D eigenvalue weighted by molar-refractivity contribution is 7.89. The van der Waals surface area contributed by atoms with Crippen LogP contribution in [0.3, 0.4) is 0 Å². The van der Waals surface area contributed by atoms with Crippen LogP contribution in [0.15, 0.2) is 29.2 Å². The number of hydrogen-bond acceptors (Lipinski definition) is 3. The predicted molar refractivity (Wildman–Crippen MR) is 70.6 cm³/mol. The van der Waals surface area contributed by atoms with Gasteiger partial charge < -0.3 is 5.32 Å². The zero-order valence-corrected chi connectivity index (χ0v) is 11.6. The molecule has 0 fully saturated rings. The summed E-state index contributed by atoms with van der Waals surface area (Å²) in [6.07, 6.45) is 0. The third-order valence-corrected chi connectivity index (χ3v) is 3.65. The lowest BCUT2D eigenvalue weighted by Crippen LogP contribution is -2.20. The minimum absolute atomic E-state index is 0.151. The summed E-state index contributed by atoms with van der Waals surface area (Å²) in [6, 6.07) is 6.81. The number of rotatable bonds is 4. The fourth-order valence-electron chi connectivity index (χ4n) is 1.26. The molecule has 0 aliphatic carbocycles. The Labute approximate surface area is 103 Å². The molecule has 5 heteroatoms. The van der Waals surface area contributed by atoms with Crippen LogP contribution in [0.2, 0.25) is 0 Å². The zero-order chi connectivity index (χ0) is 13.1. The van der Waals surface area contributed by atoms with E-state index >= 15 is 0 Å². The van der Waals surface area contributed by atoms with Crippen molar-refractivity contribution in [1.29, 1.82) is 0 Å². The average Bonchev–Trinajstić information content (AvgIpc) is 2.26. The van der Waals surface area contributed by atoms with Gasteiger partial charge in [-0.3, -0.25) is 0 Å². The maximum absolute atomic E-state index is 11.6. The van der Waals surface area contributed by atoms with Gasteiger partial charge in [0.15, 0.2) is 0 Å². The quantitative estimate of drug-likeness (QED) is 0.867. The van der Waals surface area contributed by atoms with Crippen molar-refractivity contribution in [3.05, 3.63) is 24.3 Å². The second-order valence-corrected chi connectivity index (χ2v) is 7.04. The lowest BCUT2D eigenvalue weighted by atomic mass is 9.97. The molecule has 17 heavy (non-hydrogen) atoms. The summed E-state index contributed by atoms with van der Waals surface area (Å²) in [5.74, 6) is 0. The van der Waals surface area contributed by atoms with Gasteiger partial charge in [0, 0.05) is 12.2 Å². The molecule has 0 saturated heterocycles. The van der Waals surface area contributed by atoms with Gasteiger partial charge in [-0.1, -0.05) is 26.8 Å². The highest BCUT2D eigenvalue weighted by Gasteiger charge is 2.13. The van der Waals surface area contributed by atoms with Crippen molar-refractivity contribution in [2.75, 3.05) is 18.9 Å². The first kappa shape index (κ1) is 14.0. The van der Waals surface area contributed by atoms with Crippen molar-refractivity contribution in [2.45, 2.75) is 25.7 Å². The molecule has 0 radical (unpaired) electrons. The third kappa shape index (κ3) is 4.36. The lowest BCUT2D eigenvalue weighted by Gasteiger charge is -2.19. The molecule has 0 heterocycles. The van der Waals surface area contributed by atoms with E-state index in [1.165, 1.54) is 7.05 Å². The summed E-state index contributed by atoms with van der Waals surface area (Å²) >= 11 is 0. The Kier molecular flexibility index (Phi) is 4.16. The summed E-state index contributed by atoms with van der Waals surface area (Å²) in [6.45, 7) is 7.15. The summed E-state index contributed by atoms with van der Waals surface area (Å²) in [7, 11) is -1.96. The van der Waals surface area contributed by atoms with E-state index in [2.05, 4.69) is 30.8 Å². The van der Waals surface area contributed by atoms with Crippen molar-refractivity contribution >= 4 is 15.7 Å². The first-order valence-corrected chi connectivity index (χ1v) is 7.00. The molecule has 2 N–H and O–H groups in total. The molecule has 1 aromatic carbocycles. The monoisotopic (exact) mass is 256 g/mol. The number of nitrogens with one attached hydrogen (secondary N) is 2. The summed E-state index contributed by atoms with van der Waals surface area (Å²) < 4.78 is 25.5. The van der Waals surface area contributed by atoms with Gasteiger partial charge in [0.1, 0.15) is 0 Å². The van der Waals surface area contributed by atoms with Gasteiger partial charge in [-0.05, 0) is 30.7 Å². The minimum Gasteiger partial charge on any atom is -0.384 e.